The fourth-order valence-corrected chi connectivity index (χ4v) is 11.9. The predicted molar refractivity (Wildman–Crippen MR) is 223 cm³/mol. The van der Waals surface area contributed by atoms with Gasteiger partial charge in [-0.05, 0) is 94.2 Å². The van der Waals surface area contributed by atoms with Gasteiger partial charge in [0.15, 0.2) is 6.17 Å². The van der Waals surface area contributed by atoms with Crippen molar-refractivity contribution < 1.29 is 0 Å². The highest BCUT2D eigenvalue weighted by molar-refractivity contribution is 6.11. The zero-order chi connectivity index (χ0) is 35.7. The molecule has 1 aliphatic heterocycles. The molecule has 0 saturated heterocycles. The predicted octanol–water partition coefficient (Wildman–Crippen LogP) is 12.1. The summed E-state index contributed by atoms with van der Waals surface area (Å²) in [5, 5.41) is 3.63. The smallest absolute Gasteiger partial charge is 0.169 e. The molecule has 3 nitrogen and oxygen atoms in total. The lowest BCUT2D eigenvalue weighted by molar-refractivity contribution is 0.232. The lowest BCUT2D eigenvalue weighted by Crippen LogP contribution is -2.39. The zero-order valence-corrected chi connectivity index (χ0v) is 31.2. The molecule has 0 amide bonds. The fourth-order valence-electron chi connectivity index (χ4n) is 11.9. The second-order valence-electron chi connectivity index (χ2n) is 17.0. The first-order valence-corrected chi connectivity index (χ1v) is 20.8. The van der Waals surface area contributed by atoms with Crippen LogP contribution >= 0.6 is 0 Å². The number of nitrogens with zero attached hydrogens (tertiary/aromatic N) is 2. The lowest BCUT2D eigenvalue weighted by Gasteiger charge is -2.43. The summed E-state index contributed by atoms with van der Waals surface area (Å²) in [7, 11) is 0. The Morgan fingerprint density at radius 1 is 0.648 bits per heavy atom. The summed E-state index contributed by atoms with van der Waals surface area (Å²) in [5.74, 6) is 3.13. The first-order chi connectivity index (χ1) is 26.7. The molecule has 54 heavy (non-hydrogen) atoms. The maximum Gasteiger partial charge on any atom is 0.169 e. The largest absolute Gasteiger partial charge is 0.328 e. The van der Waals surface area contributed by atoms with Crippen LogP contribution in [0.15, 0.2) is 149 Å². The van der Waals surface area contributed by atoms with Crippen LogP contribution in [0.2, 0.25) is 0 Å². The minimum atomic E-state index is -0.310. The van der Waals surface area contributed by atoms with Crippen molar-refractivity contribution in [2.75, 3.05) is 0 Å². The van der Waals surface area contributed by atoms with Crippen molar-refractivity contribution in [2.24, 2.45) is 21.8 Å². The number of benzene rings is 4. The third kappa shape index (κ3) is 4.93. The van der Waals surface area contributed by atoms with Gasteiger partial charge in [-0.2, -0.15) is 0 Å². The van der Waals surface area contributed by atoms with E-state index in [1.54, 1.807) is 27.8 Å². The van der Waals surface area contributed by atoms with Crippen LogP contribution in [0, 0.1) is 11.8 Å². The van der Waals surface area contributed by atoms with Crippen molar-refractivity contribution in [1.29, 1.82) is 0 Å². The molecule has 7 aliphatic rings. The van der Waals surface area contributed by atoms with E-state index in [0.29, 0.717) is 11.8 Å². The minimum absolute atomic E-state index is 0.0633. The normalized spacial score (nSPS) is 26.8. The average molecular weight is 704 g/mol. The van der Waals surface area contributed by atoms with E-state index in [2.05, 4.69) is 139 Å². The number of allylic oxidation sites excluding steroid dienone is 7. The summed E-state index contributed by atoms with van der Waals surface area (Å²) >= 11 is 0. The summed E-state index contributed by atoms with van der Waals surface area (Å²) in [4.78, 5) is 10.6. The molecule has 11 rings (SSSR count). The molecule has 3 heteroatoms. The number of aliphatic imine (C=N–C) groups is 2. The van der Waals surface area contributed by atoms with E-state index in [9.17, 15) is 0 Å². The Labute approximate surface area is 320 Å². The molecule has 1 heterocycles. The molecule has 0 bridgehead atoms. The summed E-state index contributed by atoms with van der Waals surface area (Å²) in [5.41, 5.74) is 14.8. The topological polar surface area (TPSA) is 36.8 Å². The monoisotopic (exact) mass is 703 g/mol. The van der Waals surface area contributed by atoms with Crippen LogP contribution in [-0.4, -0.2) is 11.7 Å². The van der Waals surface area contributed by atoms with Gasteiger partial charge in [0.25, 0.3) is 0 Å². The first-order valence-electron chi connectivity index (χ1n) is 20.8. The van der Waals surface area contributed by atoms with E-state index >= 15 is 0 Å². The number of hydrogen-bond acceptors (Lipinski definition) is 3. The van der Waals surface area contributed by atoms with Gasteiger partial charge in [-0.15, -0.1) is 0 Å². The van der Waals surface area contributed by atoms with Gasteiger partial charge in [-0.3, -0.25) is 0 Å². The van der Waals surface area contributed by atoms with Crippen LogP contribution in [0.25, 0.3) is 16.7 Å². The van der Waals surface area contributed by atoms with Crippen LogP contribution in [0.5, 0.6) is 0 Å². The molecular weight excluding hydrogens is 655 g/mol. The number of rotatable bonds is 4. The summed E-state index contributed by atoms with van der Waals surface area (Å²) in [6.07, 6.45) is 28.2. The van der Waals surface area contributed by atoms with Crippen LogP contribution < -0.4 is 5.32 Å². The molecule has 2 fully saturated rings. The number of fused-ring (bicyclic) bond motifs is 10. The van der Waals surface area contributed by atoms with Crippen LogP contribution in [0.4, 0.5) is 0 Å². The molecule has 0 radical (unpaired) electrons. The molecular formula is C51H49N3. The minimum Gasteiger partial charge on any atom is -0.328 e. The second kappa shape index (κ2) is 12.8. The van der Waals surface area contributed by atoms with Crippen LogP contribution in [-0.2, 0) is 10.8 Å². The van der Waals surface area contributed by atoms with E-state index in [-0.39, 0.29) is 22.9 Å². The molecule has 4 aromatic carbocycles. The van der Waals surface area contributed by atoms with Gasteiger partial charge < -0.3 is 5.32 Å². The van der Waals surface area contributed by atoms with E-state index in [1.165, 1.54) is 80.9 Å². The molecule has 4 unspecified atom stereocenters. The van der Waals surface area contributed by atoms with Crippen LogP contribution in [0.3, 0.4) is 0 Å². The Morgan fingerprint density at radius 2 is 1.41 bits per heavy atom. The highest BCUT2D eigenvalue weighted by Gasteiger charge is 2.55. The maximum absolute atomic E-state index is 5.31. The number of amidine groups is 2. The van der Waals surface area contributed by atoms with Gasteiger partial charge in [0.1, 0.15) is 11.7 Å². The quantitative estimate of drug-likeness (QED) is 0.226. The average Bonchev–Trinajstić information content (AvgIpc) is 3.66. The van der Waals surface area contributed by atoms with Crippen molar-refractivity contribution in [3.05, 3.63) is 172 Å². The fraction of sp³-hybridized carbons (Fsp3) is 0.333. The van der Waals surface area contributed by atoms with E-state index in [4.69, 9.17) is 9.98 Å². The van der Waals surface area contributed by atoms with Gasteiger partial charge in [0.2, 0.25) is 0 Å². The Kier molecular flexibility index (Phi) is 7.68. The number of hydrogen-bond donors (Lipinski definition) is 1. The lowest BCUT2D eigenvalue weighted by atomic mass is 9.60. The molecule has 268 valence electrons. The maximum atomic E-state index is 5.31. The van der Waals surface area contributed by atoms with E-state index in [0.717, 1.165) is 29.2 Å². The highest BCUT2D eigenvalue weighted by Crippen LogP contribution is 2.66. The van der Waals surface area contributed by atoms with Crippen molar-refractivity contribution in [2.45, 2.75) is 93.5 Å². The van der Waals surface area contributed by atoms with Crippen molar-refractivity contribution in [3.8, 4) is 11.1 Å². The Bertz CT molecular complexity index is 2320. The van der Waals surface area contributed by atoms with Gasteiger partial charge in [-0.25, -0.2) is 9.98 Å². The first kappa shape index (κ1) is 32.4. The third-order valence-corrected chi connectivity index (χ3v) is 14.3. The molecule has 0 aromatic heterocycles. The highest BCUT2D eigenvalue weighted by atomic mass is 15.2. The molecule has 4 atom stereocenters. The molecule has 1 N–H and O–H groups in total. The van der Waals surface area contributed by atoms with Gasteiger partial charge in [-0.1, -0.05) is 166 Å². The van der Waals surface area contributed by atoms with Crippen LogP contribution in [0.1, 0.15) is 116 Å². The van der Waals surface area contributed by atoms with Crippen molar-refractivity contribution in [1.82, 2.24) is 5.32 Å². The molecule has 6 aliphatic carbocycles. The molecule has 2 spiro atoms. The molecule has 4 aromatic rings. The Hall–Kier alpha value is -5.02. The summed E-state index contributed by atoms with van der Waals surface area (Å²) in [6.45, 7) is 0. The SMILES string of the molecule is C1=CCC(C2=NC(c3cccc(-c4cccc5c4C4(CCCCC4)C4=CC6c7ccccc7C7(CCCCC7)C6C=C45)c3)N=C(c3ccccc3)N2)C=C1. The summed E-state index contributed by atoms with van der Waals surface area (Å²) in [6, 6.07) is 36.5. The molecule has 2 saturated carbocycles. The van der Waals surface area contributed by atoms with Gasteiger partial charge in [0, 0.05) is 28.2 Å². The number of nitrogens with one attached hydrogen (secondary N) is 1. The standard InChI is InChI=1S/C51H49N3/c1-5-17-34(18-6-1)47-52-48(35-19-7-2-8-20-35)54-49(53-47)37-22-15-21-36(31-37)38-24-16-25-40-42-33-44-41(32-45(42)51(46(38)40)29-13-4-14-30-51)39-23-9-10-26-43(39)50(44)27-11-3-12-28-50/h1-2,5-10,15-19,21-26,31-33,35,41,44,49H,3-4,11-14,20,27-30H2,(H,52,53,54). The second-order valence-corrected chi connectivity index (χ2v) is 17.0. The van der Waals surface area contributed by atoms with E-state index in [1.807, 2.05) is 0 Å². The summed E-state index contributed by atoms with van der Waals surface area (Å²) < 4.78 is 0. The van der Waals surface area contributed by atoms with Gasteiger partial charge in [0.05, 0.1) is 0 Å². The van der Waals surface area contributed by atoms with Gasteiger partial charge >= 0.3 is 0 Å². The Balaban J connectivity index is 1.04. The van der Waals surface area contributed by atoms with Crippen molar-refractivity contribution in [3.63, 3.8) is 0 Å². The van der Waals surface area contributed by atoms with E-state index < -0.39 is 0 Å². The van der Waals surface area contributed by atoms with Crippen molar-refractivity contribution >= 4 is 17.2 Å². The third-order valence-electron chi connectivity index (χ3n) is 14.3. The Morgan fingerprint density at radius 3 is 2.24 bits per heavy atom. The zero-order valence-electron chi connectivity index (χ0n) is 31.2.